The van der Waals surface area contributed by atoms with Gasteiger partial charge in [-0.1, -0.05) is 0 Å². The van der Waals surface area contributed by atoms with Crippen molar-refractivity contribution in [3.8, 4) is 0 Å². The number of amides is 1. The Morgan fingerprint density at radius 1 is 1.26 bits per heavy atom. The van der Waals surface area contributed by atoms with E-state index >= 15 is 0 Å². The van der Waals surface area contributed by atoms with E-state index in [4.69, 9.17) is 5.73 Å². The Hall–Kier alpha value is -2.96. The van der Waals surface area contributed by atoms with Crippen LogP contribution in [0.25, 0.3) is 5.52 Å². The lowest BCUT2D eigenvalue weighted by Gasteiger charge is -2.03. The third-order valence-corrected chi connectivity index (χ3v) is 2.60. The summed E-state index contributed by atoms with van der Waals surface area (Å²) in [4.78, 5) is 20.1. The number of pyridine rings is 1. The third kappa shape index (κ3) is 2.08. The maximum Gasteiger partial charge on any atom is 0.260 e. The molecule has 0 saturated heterocycles. The van der Waals surface area contributed by atoms with Crippen molar-refractivity contribution in [1.82, 2.24) is 19.6 Å². The second kappa shape index (κ2) is 4.37. The predicted molar refractivity (Wildman–Crippen MR) is 69.6 cm³/mol. The summed E-state index contributed by atoms with van der Waals surface area (Å²) in [5, 5.41) is 6.75. The van der Waals surface area contributed by atoms with Gasteiger partial charge < -0.3 is 11.1 Å². The molecule has 0 fully saturated rings. The molecular weight excluding hydrogens is 244 g/mol. The van der Waals surface area contributed by atoms with Gasteiger partial charge in [-0.05, 0) is 12.1 Å². The number of aromatic nitrogens is 4. The van der Waals surface area contributed by atoms with Gasteiger partial charge in [-0.2, -0.15) is 5.10 Å². The van der Waals surface area contributed by atoms with E-state index in [2.05, 4.69) is 20.4 Å². The summed E-state index contributed by atoms with van der Waals surface area (Å²) in [6.07, 6.45) is 7.83. The predicted octanol–water partition coefficient (Wildman–Crippen LogP) is 0.959. The molecule has 0 saturated carbocycles. The monoisotopic (exact) mass is 254 g/mol. The topological polar surface area (TPSA) is 98.2 Å². The lowest BCUT2D eigenvalue weighted by molar-refractivity contribution is 0.102. The minimum absolute atomic E-state index is 0.291. The fraction of sp³-hybridized carbons (Fsp3) is 0. The van der Waals surface area contributed by atoms with Crippen LogP contribution in [0.3, 0.4) is 0 Å². The van der Waals surface area contributed by atoms with Crippen molar-refractivity contribution >= 4 is 22.9 Å². The minimum Gasteiger partial charge on any atom is -0.397 e. The van der Waals surface area contributed by atoms with Gasteiger partial charge in [0.05, 0.1) is 35.4 Å². The average Bonchev–Trinajstić information content (AvgIpc) is 2.85. The van der Waals surface area contributed by atoms with Crippen molar-refractivity contribution in [2.75, 3.05) is 11.1 Å². The van der Waals surface area contributed by atoms with Gasteiger partial charge in [0.25, 0.3) is 5.91 Å². The molecule has 0 atom stereocenters. The Bertz CT molecular complexity index is 733. The first-order valence-corrected chi connectivity index (χ1v) is 5.54. The van der Waals surface area contributed by atoms with Crippen molar-refractivity contribution in [3.63, 3.8) is 0 Å². The van der Waals surface area contributed by atoms with Crippen LogP contribution in [0.1, 0.15) is 10.4 Å². The van der Waals surface area contributed by atoms with E-state index in [1.165, 1.54) is 12.4 Å². The Kier molecular flexibility index (Phi) is 2.57. The van der Waals surface area contributed by atoms with E-state index in [9.17, 15) is 4.79 Å². The number of fused-ring (bicyclic) bond motifs is 1. The average molecular weight is 254 g/mol. The first-order chi connectivity index (χ1) is 9.24. The molecule has 0 aliphatic heterocycles. The summed E-state index contributed by atoms with van der Waals surface area (Å²) in [7, 11) is 0. The molecule has 0 bridgehead atoms. The van der Waals surface area contributed by atoms with Crippen molar-refractivity contribution in [2.24, 2.45) is 0 Å². The number of rotatable bonds is 2. The summed E-state index contributed by atoms with van der Waals surface area (Å²) in [6.45, 7) is 0. The van der Waals surface area contributed by atoms with Crippen LogP contribution >= 0.6 is 0 Å². The summed E-state index contributed by atoms with van der Waals surface area (Å²) in [5.74, 6) is 0.141. The number of carbonyl (C=O) groups excluding carboxylic acids is 1. The van der Waals surface area contributed by atoms with Gasteiger partial charge >= 0.3 is 0 Å². The number of anilines is 2. The quantitative estimate of drug-likeness (QED) is 0.709. The van der Waals surface area contributed by atoms with Crippen LogP contribution in [0, 0.1) is 0 Å². The molecule has 94 valence electrons. The molecule has 3 heterocycles. The second-order valence-corrected chi connectivity index (χ2v) is 3.90. The molecule has 7 heteroatoms. The number of nitrogens with two attached hydrogens (primary N) is 1. The molecule has 3 aromatic rings. The molecule has 0 unspecified atom stereocenters. The van der Waals surface area contributed by atoms with Gasteiger partial charge in [-0.25, -0.2) is 9.50 Å². The second-order valence-electron chi connectivity index (χ2n) is 3.90. The highest BCUT2D eigenvalue weighted by Crippen LogP contribution is 2.12. The highest BCUT2D eigenvalue weighted by atomic mass is 16.1. The minimum atomic E-state index is -0.291. The number of hydrogen-bond acceptors (Lipinski definition) is 5. The van der Waals surface area contributed by atoms with Crippen LogP contribution in [0.2, 0.25) is 0 Å². The highest BCUT2D eigenvalue weighted by Gasteiger charge is 2.13. The van der Waals surface area contributed by atoms with Gasteiger partial charge in [0, 0.05) is 12.4 Å². The van der Waals surface area contributed by atoms with Crippen molar-refractivity contribution in [2.45, 2.75) is 0 Å². The molecule has 3 N–H and O–H groups in total. The lowest BCUT2D eigenvalue weighted by Crippen LogP contribution is -2.12. The van der Waals surface area contributed by atoms with E-state index in [1.54, 1.807) is 35.2 Å². The molecule has 3 rings (SSSR count). The standard InChI is InChI=1S/C12H10N6O/c13-8-1-2-11(15-5-8)17-12(19)9-6-16-18-4-3-14-7-10(9)18/h1-7H,13H2,(H,15,17,19). The lowest BCUT2D eigenvalue weighted by atomic mass is 10.3. The van der Waals surface area contributed by atoms with Crippen molar-refractivity contribution in [3.05, 3.63) is 48.7 Å². The van der Waals surface area contributed by atoms with Crippen molar-refractivity contribution < 1.29 is 4.79 Å². The van der Waals surface area contributed by atoms with E-state index in [-0.39, 0.29) is 5.91 Å². The normalized spacial score (nSPS) is 10.5. The summed E-state index contributed by atoms with van der Waals surface area (Å²) >= 11 is 0. The molecule has 0 spiro atoms. The van der Waals surface area contributed by atoms with Gasteiger partial charge in [-0.3, -0.25) is 9.78 Å². The molecule has 0 radical (unpaired) electrons. The SMILES string of the molecule is Nc1ccc(NC(=O)c2cnn3ccncc23)nc1. The summed E-state index contributed by atoms with van der Waals surface area (Å²) < 4.78 is 1.58. The molecule has 0 aliphatic carbocycles. The van der Waals surface area contributed by atoms with E-state index in [1.807, 2.05) is 0 Å². The molecular formula is C12H10N6O. The molecule has 7 nitrogen and oxygen atoms in total. The van der Waals surface area contributed by atoms with Gasteiger partial charge in [0.15, 0.2) is 0 Å². The van der Waals surface area contributed by atoms with Crippen molar-refractivity contribution in [1.29, 1.82) is 0 Å². The fourth-order valence-electron chi connectivity index (χ4n) is 1.67. The third-order valence-electron chi connectivity index (χ3n) is 2.60. The number of nitrogen functional groups attached to an aromatic ring is 1. The van der Waals surface area contributed by atoms with E-state index in [0.717, 1.165) is 0 Å². The zero-order valence-corrected chi connectivity index (χ0v) is 9.82. The maximum atomic E-state index is 12.1. The van der Waals surface area contributed by atoms with Gasteiger partial charge in [0.2, 0.25) is 0 Å². The Labute approximate surface area is 108 Å². The van der Waals surface area contributed by atoms with Gasteiger partial charge in [0.1, 0.15) is 5.82 Å². The summed E-state index contributed by atoms with van der Waals surface area (Å²) in [5.41, 5.74) is 7.14. The number of carbonyl (C=O) groups is 1. The molecule has 0 aliphatic rings. The Balaban J connectivity index is 1.90. The Morgan fingerprint density at radius 3 is 2.95 bits per heavy atom. The zero-order valence-electron chi connectivity index (χ0n) is 9.82. The highest BCUT2D eigenvalue weighted by molar-refractivity contribution is 6.08. The molecule has 1 amide bonds. The molecule has 19 heavy (non-hydrogen) atoms. The zero-order chi connectivity index (χ0) is 13.2. The van der Waals surface area contributed by atoms with Crippen LogP contribution in [-0.2, 0) is 0 Å². The van der Waals surface area contributed by atoms with Crippen LogP contribution < -0.4 is 11.1 Å². The number of nitrogens with zero attached hydrogens (tertiary/aromatic N) is 4. The first kappa shape index (κ1) is 11.1. The molecule has 3 aromatic heterocycles. The largest absolute Gasteiger partial charge is 0.397 e. The van der Waals surface area contributed by atoms with E-state index in [0.29, 0.717) is 22.6 Å². The van der Waals surface area contributed by atoms with E-state index < -0.39 is 0 Å². The van der Waals surface area contributed by atoms with Crippen LogP contribution in [-0.4, -0.2) is 25.5 Å². The fourth-order valence-corrected chi connectivity index (χ4v) is 1.67. The smallest absolute Gasteiger partial charge is 0.260 e. The van der Waals surface area contributed by atoms with Gasteiger partial charge in [-0.15, -0.1) is 0 Å². The van der Waals surface area contributed by atoms with Crippen LogP contribution in [0.4, 0.5) is 11.5 Å². The maximum absolute atomic E-state index is 12.1. The first-order valence-electron chi connectivity index (χ1n) is 5.54. The molecule has 0 aromatic carbocycles. The summed E-state index contributed by atoms with van der Waals surface area (Å²) in [6, 6.07) is 3.30. The number of nitrogens with one attached hydrogen (secondary N) is 1. The number of hydrogen-bond donors (Lipinski definition) is 2. The van der Waals surface area contributed by atoms with Crippen LogP contribution in [0.5, 0.6) is 0 Å². The van der Waals surface area contributed by atoms with Crippen LogP contribution in [0.15, 0.2) is 43.1 Å². The Morgan fingerprint density at radius 2 is 2.16 bits per heavy atom.